The average molecular weight is 274 g/mol. The molecular weight excluding hydrogens is 252 g/mol. The molecule has 2 heterocycles. The average Bonchev–Trinajstić information content (AvgIpc) is 3.02. The smallest absolute Gasteiger partial charge is 0.253 e. The Morgan fingerprint density at radius 3 is 2.70 bits per heavy atom. The topological polar surface area (TPSA) is 52.6 Å². The molecule has 1 aromatic rings. The van der Waals surface area contributed by atoms with Crippen LogP contribution in [0.25, 0.3) is 0 Å². The fraction of sp³-hybridized carbons (Fsp3) is 0.562. The molecule has 0 aliphatic carbocycles. The van der Waals surface area contributed by atoms with E-state index < -0.39 is 0 Å². The highest BCUT2D eigenvalue weighted by Gasteiger charge is 2.31. The van der Waals surface area contributed by atoms with Crippen LogP contribution in [0.2, 0.25) is 0 Å². The minimum Gasteiger partial charge on any atom is -0.508 e. The van der Waals surface area contributed by atoms with E-state index in [1.807, 2.05) is 4.90 Å². The summed E-state index contributed by atoms with van der Waals surface area (Å²) in [5, 5.41) is 12.9. The van der Waals surface area contributed by atoms with Gasteiger partial charge in [0.15, 0.2) is 0 Å². The molecule has 2 saturated heterocycles. The second kappa shape index (κ2) is 5.83. The first-order valence-corrected chi connectivity index (χ1v) is 7.56. The number of nitrogens with one attached hydrogen (secondary N) is 1. The Labute approximate surface area is 119 Å². The summed E-state index contributed by atoms with van der Waals surface area (Å²) in [7, 11) is 0. The molecule has 2 fully saturated rings. The number of piperidine rings is 1. The van der Waals surface area contributed by atoms with Crippen LogP contribution in [0.5, 0.6) is 5.75 Å². The quantitative estimate of drug-likeness (QED) is 0.867. The largest absolute Gasteiger partial charge is 0.508 e. The summed E-state index contributed by atoms with van der Waals surface area (Å²) in [6, 6.07) is 7.15. The zero-order chi connectivity index (χ0) is 13.9. The van der Waals surface area contributed by atoms with E-state index in [9.17, 15) is 9.90 Å². The molecule has 4 heteroatoms. The summed E-state index contributed by atoms with van der Waals surface area (Å²) in [6.07, 6.45) is 4.81. The lowest BCUT2D eigenvalue weighted by molar-refractivity contribution is 0.0651. The van der Waals surface area contributed by atoms with Crippen molar-refractivity contribution in [3.8, 4) is 5.75 Å². The monoisotopic (exact) mass is 274 g/mol. The van der Waals surface area contributed by atoms with Gasteiger partial charge in [0.05, 0.1) is 0 Å². The highest BCUT2D eigenvalue weighted by molar-refractivity contribution is 5.94. The van der Waals surface area contributed by atoms with E-state index in [1.54, 1.807) is 24.3 Å². The molecule has 4 nitrogen and oxygen atoms in total. The van der Waals surface area contributed by atoms with Crippen LogP contribution in [-0.2, 0) is 0 Å². The van der Waals surface area contributed by atoms with Gasteiger partial charge in [0.1, 0.15) is 5.75 Å². The maximum Gasteiger partial charge on any atom is 0.253 e. The molecule has 3 rings (SSSR count). The van der Waals surface area contributed by atoms with Crippen molar-refractivity contribution in [3.05, 3.63) is 29.8 Å². The predicted molar refractivity (Wildman–Crippen MR) is 77.8 cm³/mol. The van der Waals surface area contributed by atoms with Crippen LogP contribution in [0.15, 0.2) is 24.3 Å². The van der Waals surface area contributed by atoms with Crippen LogP contribution >= 0.6 is 0 Å². The molecule has 0 spiro atoms. The lowest BCUT2D eigenvalue weighted by atomic mass is 9.89. The Morgan fingerprint density at radius 1 is 1.20 bits per heavy atom. The van der Waals surface area contributed by atoms with Crippen molar-refractivity contribution in [3.63, 3.8) is 0 Å². The summed E-state index contributed by atoms with van der Waals surface area (Å²) < 4.78 is 0. The fourth-order valence-electron chi connectivity index (χ4n) is 3.42. The molecule has 0 radical (unpaired) electrons. The first-order valence-electron chi connectivity index (χ1n) is 7.56. The van der Waals surface area contributed by atoms with Crippen LogP contribution < -0.4 is 5.32 Å². The number of phenolic OH excluding ortho intramolecular Hbond substituents is 1. The summed E-state index contributed by atoms with van der Waals surface area (Å²) in [6.45, 7) is 2.83. The van der Waals surface area contributed by atoms with Crippen LogP contribution in [0.1, 0.15) is 36.0 Å². The van der Waals surface area contributed by atoms with Gasteiger partial charge < -0.3 is 15.3 Å². The molecule has 2 aliphatic heterocycles. The van der Waals surface area contributed by atoms with Gasteiger partial charge in [-0.2, -0.15) is 0 Å². The minimum atomic E-state index is 0.0905. The molecule has 2 N–H and O–H groups in total. The lowest BCUT2D eigenvalue weighted by Crippen LogP contribution is -2.45. The van der Waals surface area contributed by atoms with E-state index in [-0.39, 0.29) is 11.7 Å². The van der Waals surface area contributed by atoms with Crippen LogP contribution in [0.3, 0.4) is 0 Å². The van der Waals surface area contributed by atoms with Crippen molar-refractivity contribution in [2.75, 3.05) is 19.6 Å². The molecule has 2 atom stereocenters. The fourth-order valence-corrected chi connectivity index (χ4v) is 3.42. The van der Waals surface area contributed by atoms with Crippen LogP contribution in [0, 0.1) is 5.92 Å². The third-order valence-electron chi connectivity index (χ3n) is 4.53. The van der Waals surface area contributed by atoms with Gasteiger partial charge in [-0.25, -0.2) is 0 Å². The Bertz CT molecular complexity index is 466. The summed E-state index contributed by atoms with van der Waals surface area (Å²) in [5.41, 5.74) is 0.669. The summed E-state index contributed by atoms with van der Waals surface area (Å²) >= 11 is 0. The molecule has 2 unspecified atom stereocenters. The first-order chi connectivity index (χ1) is 9.74. The second-order valence-corrected chi connectivity index (χ2v) is 5.90. The van der Waals surface area contributed by atoms with Gasteiger partial charge in [0.2, 0.25) is 0 Å². The van der Waals surface area contributed by atoms with E-state index in [4.69, 9.17) is 0 Å². The van der Waals surface area contributed by atoms with Gasteiger partial charge in [0, 0.05) is 24.7 Å². The van der Waals surface area contributed by atoms with Crippen molar-refractivity contribution in [1.29, 1.82) is 0 Å². The second-order valence-electron chi connectivity index (χ2n) is 5.90. The highest BCUT2D eigenvalue weighted by atomic mass is 16.3. The summed E-state index contributed by atoms with van der Waals surface area (Å²) in [4.78, 5) is 14.5. The molecule has 0 bridgehead atoms. The molecular formula is C16H22N2O2. The number of benzene rings is 1. The maximum absolute atomic E-state index is 12.5. The summed E-state index contributed by atoms with van der Waals surface area (Å²) in [5.74, 6) is 0.883. The Balaban J connectivity index is 1.66. The lowest BCUT2D eigenvalue weighted by Gasteiger charge is -2.36. The van der Waals surface area contributed by atoms with Crippen molar-refractivity contribution in [2.45, 2.75) is 31.7 Å². The normalized spacial score (nSPS) is 26.7. The van der Waals surface area contributed by atoms with Crippen molar-refractivity contribution in [2.24, 2.45) is 5.92 Å². The third kappa shape index (κ3) is 2.80. The van der Waals surface area contributed by atoms with Crippen molar-refractivity contribution >= 4 is 5.91 Å². The number of amides is 1. The van der Waals surface area contributed by atoms with Gasteiger partial charge >= 0.3 is 0 Å². The molecule has 2 aliphatic rings. The Hall–Kier alpha value is -1.55. The van der Waals surface area contributed by atoms with E-state index in [2.05, 4.69) is 5.32 Å². The number of hydrogen-bond donors (Lipinski definition) is 2. The molecule has 1 aromatic carbocycles. The van der Waals surface area contributed by atoms with Gasteiger partial charge in [-0.3, -0.25) is 4.79 Å². The van der Waals surface area contributed by atoms with Crippen molar-refractivity contribution < 1.29 is 9.90 Å². The molecule has 1 amide bonds. The number of carbonyl (C=O) groups excluding carboxylic acids is 1. The molecule has 0 saturated carbocycles. The van der Waals surface area contributed by atoms with Crippen LogP contribution in [0.4, 0.5) is 0 Å². The maximum atomic E-state index is 12.5. The molecule has 0 aromatic heterocycles. The van der Waals surface area contributed by atoms with Gasteiger partial charge in [-0.15, -0.1) is 0 Å². The van der Waals surface area contributed by atoms with Crippen molar-refractivity contribution in [1.82, 2.24) is 10.2 Å². The Kier molecular flexibility index (Phi) is 3.92. The zero-order valence-electron chi connectivity index (χ0n) is 11.7. The predicted octanol–water partition coefficient (Wildman–Crippen LogP) is 2.00. The van der Waals surface area contributed by atoms with E-state index >= 15 is 0 Å². The number of phenols is 1. The van der Waals surface area contributed by atoms with E-state index in [0.717, 1.165) is 26.1 Å². The van der Waals surface area contributed by atoms with Gasteiger partial charge in [0.25, 0.3) is 5.91 Å². The Morgan fingerprint density at radius 2 is 2.00 bits per heavy atom. The molecule has 108 valence electrons. The number of likely N-dealkylation sites (tertiary alicyclic amines) is 1. The third-order valence-corrected chi connectivity index (χ3v) is 4.53. The minimum absolute atomic E-state index is 0.0905. The molecule has 20 heavy (non-hydrogen) atoms. The number of aromatic hydroxyl groups is 1. The number of nitrogens with zero attached hydrogens (tertiary/aromatic N) is 1. The highest BCUT2D eigenvalue weighted by Crippen LogP contribution is 2.25. The number of rotatable bonds is 2. The zero-order valence-corrected chi connectivity index (χ0v) is 11.7. The number of carbonyl (C=O) groups is 1. The van der Waals surface area contributed by atoms with Gasteiger partial charge in [-0.05, 0) is 62.4 Å². The number of hydrogen-bond acceptors (Lipinski definition) is 3. The van der Waals surface area contributed by atoms with Gasteiger partial charge in [-0.1, -0.05) is 0 Å². The SMILES string of the molecule is O=C(c1ccc(O)cc1)N1CCCC(C2CCCN2)C1. The van der Waals surface area contributed by atoms with E-state index in [1.165, 1.54) is 19.3 Å². The first kappa shape index (κ1) is 13.4. The standard InChI is InChI=1S/C16H22N2O2/c19-14-7-5-12(6-8-14)16(20)18-10-2-3-13(11-18)15-4-1-9-17-15/h5-8,13,15,17,19H,1-4,9-11H2. The van der Waals surface area contributed by atoms with E-state index in [0.29, 0.717) is 17.5 Å². The van der Waals surface area contributed by atoms with Crippen LogP contribution in [-0.4, -0.2) is 41.6 Å².